The summed E-state index contributed by atoms with van der Waals surface area (Å²) in [5, 5.41) is 4.04. The fraction of sp³-hybridized carbons (Fsp3) is 0.600. The molecule has 0 aliphatic heterocycles. The molecule has 2 aromatic heterocycles. The third-order valence-corrected chi connectivity index (χ3v) is 4.84. The zero-order chi connectivity index (χ0) is 15.0. The van der Waals surface area contributed by atoms with Gasteiger partial charge in [-0.2, -0.15) is 4.98 Å². The minimum absolute atomic E-state index is 0.125. The molecule has 21 heavy (non-hydrogen) atoms. The third kappa shape index (κ3) is 3.02. The maximum absolute atomic E-state index is 6.24. The fourth-order valence-corrected chi connectivity index (χ4v) is 3.57. The highest BCUT2D eigenvalue weighted by Gasteiger charge is 2.29. The van der Waals surface area contributed by atoms with Gasteiger partial charge in [0.1, 0.15) is 5.54 Å². The molecule has 2 heterocycles. The zero-order valence-electron chi connectivity index (χ0n) is 12.7. The van der Waals surface area contributed by atoms with Gasteiger partial charge in [0.05, 0.1) is 17.6 Å². The van der Waals surface area contributed by atoms with Gasteiger partial charge in [-0.1, -0.05) is 5.16 Å². The van der Waals surface area contributed by atoms with Crippen LogP contribution in [-0.2, 0) is 23.1 Å². The minimum Gasteiger partial charge on any atom is -0.376 e. The molecule has 1 aliphatic carbocycles. The highest BCUT2D eigenvalue weighted by Crippen LogP contribution is 2.36. The van der Waals surface area contributed by atoms with Gasteiger partial charge in [-0.25, -0.2) is 0 Å². The lowest BCUT2D eigenvalue weighted by Crippen LogP contribution is -2.40. The van der Waals surface area contributed by atoms with Gasteiger partial charge in [0, 0.05) is 4.88 Å². The summed E-state index contributed by atoms with van der Waals surface area (Å²) in [4.78, 5) is 6.96. The maximum Gasteiger partial charge on any atom is 0.268 e. The Bertz CT molecular complexity index is 609. The van der Waals surface area contributed by atoms with Crippen LogP contribution in [0, 0.1) is 0 Å². The quantitative estimate of drug-likeness (QED) is 0.919. The first-order valence-corrected chi connectivity index (χ1v) is 8.14. The Morgan fingerprint density at radius 2 is 2.29 bits per heavy atom. The molecule has 5 nitrogen and oxygen atoms in total. The molecule has 0 amide bonds. The summed E-state index contributed by atoms with van der Waals surface area (Å²) in [6.45, 7) is 6.18. The summed E-state index contributed by atoms with van der Waals surface area (Å²) in [5.41, 5.74) is 6.92. The molecule has 1 atom stereocenters. The maximum atomic E-state index is 6.24. The van der Waals surface area contributed by atoms with Crippen LogP contribution in [0.1, 0.15) is 43.5 Å². The second-order valence-electron chi connectivity index (χ2n) is 6.11. The van der Waals surface area contributed by atoms with E-state index in [0.717, 1.165) is 17.7 Å². The van der Waals surface area contributed by atoms with Crippen molar-refractivity contribution in [1.29, 1.82) is 0 Å². The number of ether oxygens (including phenoxy) is 1. The van der Waals surface area contributed by atoms with Crippen LogP contribution in [0.25, 0.3) is 10.8 Å². The number of fused-ring (bicyclic) bond motifs is 1. The SMILES string of the molecule is CC(C)OCC(C)(N)c1noc(-c2cc3c(s2)CCC3)n1. The largest absolute Gasteiger partial charge is 0.376 e. The van der Waals surface area contributed by atoms with Crippen LogP contribution in [0.5, 0.6) is 0 Å². The standard InChI is InChI=1S/C15H21N3O2S/c1-9(2)19-8-15(3,16)14-17-13(20-18-14)12-7-10-5-4-6-11(10)21-12/h7,9H,4-6,8,16H2,1-3H3. The van der Waals surface area contributed by atoms with Crippen molar-refractivity contribution in [3.63, 3.8) is 0 Å². The van der Waals surface area contributed by atoms with Crippen molar-refractivity contribution in [3.05, 3.63) is 22.3 Å². The van der Waals surface area contributed by atoms with Crippen molar-refractivity contribution < 1.29 is 9.26 Å². The number of hydrogen-bond donors (Lipinski definition) is 1. The van der Waals surface area contributed by atoms with Crippen LogP contribution in [0.2, 0.25) is 0 Å². The third-order valence-electron chi connectivity index (χ3n) is 3.61. The first kappa shape index (κ1) is 14.7. The summed E-state index contributed by atoms with van der Waals surface area (Å²) in [7, 11) is 0. The van der Waals surface area contributed by atoms with Crippen molar-refractivity contribution in [2.75, 3.05) is 6.61 Å². The van der Waals surface area contributed by atoms with Crippen molar-refractivity contribution in [2.45, 2.75) is 51.7 Å². The topological polar surface area (TPSA) is 74.2 Å². The molecule has 0 saturated heterocycles. The molecule has 0 aromatic carbocycles. The number of nitrogens with two attached hydrogens (primary N) is 1. The summed E-state index contributed by atoms with van der Waals surface area (Å²) in [5.74, 6) is 1.05. The van der Waals surface area contributed by atoms with Gasteiger partial charge in [0.2, 0.25) is 0 Å². The minimum atomic E-state index is -0.744. The lowest BCUT2D eigenvalue weighted by atomic mass is 10.1. The van der Waals surface area contributed by atoms with E-state index in [0.29, 0.717) is 18.3 Å². The number of nitrogens with zero attached hydrogens (tertiary/aromatic N) is 2. The predicted octanol–water partition coefficient (Wildman–Crippen LogP) is 2.89. The van der Waals surface area contributed by atoms with Crippen molar-refractivity contribution in [1.82, 2.24) is 10.1 Å². The first-order chi connectivity index (χ1) is 9.95. The molecule has 0 fully saturated rings. The monoisotopic (exact) mass is 307 g/mol. The smallest absolute Gasteiger partial charge is 0.268 e. The molecule has 0 spiro atoms. The van der Waals surface area contributed by atoms with Gasteiger partial charge in [0.25, 0.3) is 5.89 Å². The van der Waals surface area contributed by atoms with Crippen LogP contribution in [-0.4, -0.2) is 22.9 Å². The number of hydrogen-bond acceptors (Lipinski definition) is 6. The normalized spacial score (nSPS) is 17.2. The van der Waals surface area contributed by atoms with E-state index in [9.17, 15) is 0 Å². The molecule has 0 saturated carbocycles. The lowest BCUT2D eigenvalue weighted by molar-refractivity contribution is 0.0410. The first-order valence-electron chi connectivity index (χ1n) is 7.32. The zero-order valence-corrected chi connectivity index (χ0v) is 13.5. The Labute approximate surface area is 128 Å². The molecule has 6 heteroatoms. The highest BCUT2D eigenvalue weighted by atomic mass is 32.1. The van der Waals surface area contributed by atoms with Crippen molar-refractivity contribution in [2.24, 2.45) is 5.73 Å². The Morgan fingerprint density at radius 3 is 3.00 bits per heavy atom. The molecule has 2 N–H and O–H groups in total. The van der Waals surface area contributed by atoms with Crippen LogP contribution >= 0.6 is 11.3 Å². The fourth-order valence-electron chi connectivity index (χ4n) is 2.39. The Balaban J connectivity index is 1.79. The van der Waals surface area contributed by atoms with E-state index in [1.165, 1.54) is 16.9 Å². The van der Waals surface area contributed by atoms with Gasteiger partial charge >= 0.3 is 0 Å². The Hall–Kier alpha value is -1.24. The van der Waals surface area contributed by atoms with E-state index < -0.39 is 5.54 Å². The van der Waals surface area contributed by atoms with Gasteiger partial charge in [-0.05, 0) is 51.7 Å². The van der Waals surface area contributed by atoms with Crippen LogP contribution in [0.3, 0.4) is 0 Å². The lowest BCUT2D eigenvalue weighted by Gasteiger charge is -2.21. The summed E-state index contributed by atoms with van der Waals surface area (Å²) in [6, 6.07) is 2.17. The molecule has 0 radical (unpaired) electrons. The number of thiophene rings is 1. The van der Waals surface area contributed by atoms with E-state index in [1.807, 2.05) is 20.8 Å². The van der Waals surface area contributed by atoms with E-state index in [4.69, 9.17) is 15.0 Å². The van der Waals surface area contributed by atoms with Gasteiger partial charge in [-0.3, -0.25) is 0 Å². The molecule has 114 valence electrons. The van der Waals surface area contributed by atoms with Crippen molar-refractivity contribution >= 4 is 11.3 Å². The van der Waals surface area contributed by atoms with Gasteiger partial charge < -0.3 is 15.0 Å². The van der Waals surface area contributed by atoms with E-state index >= 15 is 0 Å². The number of rotatable bonds is 5. The predicted molar refractivity (Wildman–Crippen MR) is 82.3 cm³/mol. The average molecular weight is 307 g/mol. The van der Waals surface area contributed by atoms with Crippen LogP contribution < -0.4 is 5.73 Å². The average Bonchev–Trinajstić information content (AvgIpc) is 3.10. The number of aromatic nitrogens is 2. The van der Waals surface area contributed by atoms with E-state index in [2.05, 4.69) is 16.2 Å². The van der Waals surface area contributed by atoms with Gasteiger partial charge in [0.15, 0.2) is 5.82 Å². The summed E-state index contributed by atoms with van der Waals surface area (Å²) >= 11 is 1.75. The second kappa shape index (κ2) is 5.51. The molecule has 0 bridgehead atoms. The molecule has 1 aliphatic rings. The number of aryl methyl sites for hydroxylation is 2. The molecular weight excluding hydrogens is 286 g/mol. The second-order valence-corrected chi connectivity index (χ2v) is 7.25. The summed E-state index contributed by atoms with van der Waals surface area (Å²) < 4.78 is 11.0. The van der Waals surface area contributed by atoms with E-state index in [-0.39, 0.29) is 6.10 Å². The molecular formula is C15H21N3O2S. The van der Waals surface area contributed by atoms with Crippen LogP contribution in [0.15, 0.2) is 10.6 Å². The van der Waals surface area contributed by atoms with Crippen LogP contribution in [0.4, 0.5) is 0 Å². The Morgan fingerprint density at radius 1 is 1.48 bits per heavy atom. The van der Waals surface area contributed by atoms with Crippen molar-refractivity contribution in [3.8, 4) is 10.8 Å². The highest BCUT2D eigenvalue weighted by molar-refractivity contribution is 7.15. The molecule has 3 rings (SSSR count). The van der Waals surface area contributed by atoms with Gasteiger partial charge in [-0.15, -0.1) is 11.3 Å². The molecule has 1 unspecified atom stereocenters. The molecule has 2 aromatic rings. The summed E-state index contributed by atoms with van der Waals surface area (Å²) in [6.07, 6.45) is 3.70. The Kier molecular flexibility index (Phi) is 3.86. The van der Waals surface area contributed by atoms with E-state index in [1.54, 1.807) is 11.3 Å².